The maximum atomic E-state index is 11.0. The van der Waals surface area contributed by atoms with E-state index >= 15 is 0 Å². The van der Waals surface area contributed by atoms with Crippen LogP contribution in [-0.4, -0.2) is 30.4 Å². The quantitative estimate of drug-likeness (QED) is 0.515. The predicted octanol–water partition coefficient (Wildman–Crippen LogP) is -0.0440. The van der Waals surface area contributed by atoms with Gasteiger partial charge in [-0.1, -0.05) is 0 Å². The van der Waals surface area contributed by atoms with Crippen LogP contribution in [0, 0.1) is 0 Å². The van der Waals surface area contributed by atoms with Crippen molar-refractivity contribution in [1.82, 2.24) is 4.90 Å². The Morgan fingerprint density at radius 3 is 3.00 bits per heavy atom. The van der Waals surface area contributed by atoms with E-state index in [0.717, 1.165) is 19.4 Å². The first kappa shape index (κ1) is 7.54. The number of rotatable bonds is 0. The zero-order valence-electron chi connectivity index (χ0n) is 6.34. The lowest BCUT2D eigenvalue weighted by Crippen LogP contribution is -2.26. The molecular weight excluding hydrogens is 128 g/mol. The van der Waals surface area contributed by atoms with Crippen molar-refractivity contribution in [3.05, 3.63) is 0 Å². The molecule has 58 valence electrons. The minimum Gasteiger partial charge on any atom is -0.346 e. The molecule has 1 heterocycles. The van der Waals surface area contributed by atoms with Gasteiger partial charge in [0.25, 0.3) is 0 Å². The average Bonchev–Trinajstić information content (AvgIpc) is 2.04. The van der Waals surface area contributed by atoms with Crippen LogP contribution in [0.2, 0.25) is 0 Å². The lowest BCUT2D eigenvalue weighted by Gasteiger charge is -2.12. The van der Waals surface area contributed by atoms with Crippen molar-refractivity contribution >= 4 is 5.91 Å². The zero-order chi connectivity index (χ0) is 7.56. The highest BCUT2D eigenvalue weighted by molar-refractivity contribution is 5.76. The third kappa shape index (κ3) is 1.70. The second-order valence-electron chi connectivity index (χ2n) is 2.90. The molecule has 1 amide bonds. The van der Waals surface area contributed by atoms with Crippen molar-refractivity contribution in [1.29, 1.82) is 0 Å². The number of likely N-dealkylation sites (tertiary alicyclic amines) is 1. The first-order valence-corrected chi connectivity index (χ1v) is 3.69. The summed E-state index contributed by atoms with van der Waals surface area (Å²) >= 11 is 0. The molecule has 0 bridgehead atoms. The zero-order valence-corrected chi connectivity index (χ0v) is 6.34. The lowest BCUT2D eigenvalue weighted by atomic mass is 10.1. The molecule has 1 unspecified atom stereocenters. The number of carbonyl (C=O) groups excluding carboxylic acids is 1. The number of nitrogens with zero attached hydrogens (tertiary/aromatic N) is 1. The predicted molar refractivity (Wildman–Crippen MR) is 39.5 cm³/mol. The summed E-state index contributed by atoms with van der Waals surface area (Å²) in [4.78, 5) is 12.8. The second kappa shape index (κ2) is 3.01. The summed E-state index contributed by atoms with van der Waals surface area (Å²) in [6.45, 7) is 0.819. The molecule has 0 aromatic heterocycles. The summed E-state index contributed by atoms with van der Waals surface area (Å²) in [6.07, 6.45) is 2.42. The van der Waals surface area contributed by atoms with Crippen LogP contribution in [-0.2, 0) is 4.79 Å². The van der Waals surface area contributed by atoms with Crippen LogP contribution in [0.5, 0.6) is 0 Å². The van der Waals surface area contributed by atoms with E-state index in [2.05, 4.69) is 0 Å². The summed E-state index contributed by atoms with van der Waals surface area (Å²) in [5.41, 5.74) is 5.68. The van der Waals surface area contributed by atoms with E-state index in [9.17, 15) is 4.79 Å². The molecule has 0 aliphatic carbocycles. The van der Waals surface area contributed by atoms with E-state index in [-0.39, 0.29) is 11.9 Å². The third-order valence-corrected chi connectivity index (χ3v) is 1.99. The van der Waals surface area contributed by atoms with Gasteiger partial charge in [0, 0.05) is 26.1 Å². The van der Waals surface area contributed by atoms with E-state index in [1.165, 1.54) is 0 Å². The highest BCUT2D eigenvalue weighted by atomic mass is 16.2. The fourth-order valence-electron chi connectivity index (χ4n) is 1.13. The molecule has 3 nitrogen and oxygen atoms in total. The topological polar surface area (TPSA) is 46.3 Å². The highest BCUT2D eigenvalue weighted by Crippen LogP contribution is 2.07. The molecule has 2 N–H and O–H groups in total. The van der Waals surface area contributed by atoms with Gasteiger partial charge in [0.15, 0.2) is 0 Å². The van der Waals surface area contributed by atoms with Crippen molar-refractivity contribution < 1.29 is 4.79 Å². The monoisotopic (exact) mass is 142 g/mol. The maximum Gasteiger partial charge on any atom is 0.222 e. The molecule has 1 rings (SSSR count). The Morgan fingerprint density at radius 1 is 1.60 bits per heavy atom. The summed E-state index contributed by atoms with van der Waals surface area (Å²) in [6, 6.07) is 0.230. The van der Waals surface area contributed by atoms with Gasteiger partial charge >= 0.3 is 0 Å². The van der Waals surface area contributed by atoms with Gasteiger partial charge in [-0.25, -0.2) is 0 Å². The Morgan fingerprint density at radius 2 is 2.30 bits per heavy atom. The standard InChI is InChI=1S/C7H14N2O/c1-9-5-4-6(8)2-3-7(9)10/h6H,2-5,8H2,1H3. The van der Waals surface area contributed by atoms with Crippen molar-refractivity contribution in [2.45, 2.75) is 25.3 Å². The van der Waals surface area contributed by atoms with Crippen molar-refractivity contribution in [3.63, 3.8) is 0 Å². The van der Waals surface area contributed by atoms with Crippen LogP contribution in [0.4, 0.5) is 0 Å². The minimum absolute atomic E-state index is 0.230. The first-order valence-electron chi connectivity index (χ1n) is 3.69. The fourth-order valence-corrected chi connectivity index (χ4v) is 1.13. The van der Waals surface area contributed by atoms with Gasteiger partial charge in [0.05, 0.1) is 0 Å². The first-order chi connectivity index (χ1) is 4.70. The van der Waals surface area contributed by atoms with Crippen molar-refractivity contribution in [3.8, 4) is 0 Å². The molecule has 1 atom stereocenters. The number of amides is 1. The number of hydrogen-bond donors (Lipinski definition) is 1. The van der Waals surface area contributed by atoms with Crippen LogP contribution < -0.4 is 5.73 Å². The van der Waals surface area contributed by atoms with E-state index in [1.807, 2.05) is 7.05 Å². The van der Waals surface area contributed by atoms with E-state index < -0.39 is 0 Å². The molecule has 1 aliphatic heterocycles. The van der Waals surface area contributed by atoms with Crippen molar-refractivity contribution in [2.75, 3.05) is 13.6 Å². The summed E-state index contributed by atoms with van der Waals surface area (Å²) in [7, 11) is 1.83. The van der Waals surface area contributed by atoms with Gasteiger partial charge in [-0.05, 0) is 12.8 Å². The van der Waals surface area contributed by atoms with E-state index in [4.69, 9.17) is 5.73 Å². The molecule has 0 spiro atoms. The number of carbonyl (C=O) groups is 1. The minimum atomic E-state index is 0.230. The molecule has 10 heavy (non-hydrogen) atoms. The van der Waals surface area contributed by atoms with Crippen LogP contribution >= 0.6 is 0 Å². The number of nitrogens with two attached hydrogens (primary N) is 1. The molecule has 1 fully saturated rings. The molecule has 0 radical (unpaired) electrons. The van der Waals surface area contributed by atoms with E-state index in [0.29, 0.717) is 6.42 Å². The Hall–Kier alpha value is -0.570. The third-order valence-electron chi connectivity index (χ3n) is 1.99. The Balaban J connectivity index is 2.46. The fraction of sp³-hybridized carbons (Fsp3) is 0.857. The van der Waals surface area contributed by atoms with Crippen molar-refractivity contribution in [2.24, 2.45) is 5.73 Å². The Kier molecular flexibility index (Phi) is 2.27. The van der Waals surface area contributed by atoms with Gasteiger partial charge in [0.1, 0.15) is 0 Å². The Bertz CT molecular complexity index is 136. The molecule has 3 heteroatoms. The lowest BCUT2D eigenvalue weighted by molar-refractivity contribution is -0.129. The number of hydrogen-bond acceptors (Lipinski definition) is 2. The van der Waals surface area contributed by atoms with Crippen LogP contribution in [0.25, 0.3) is 0 Å². The summed E-state index contributed by atoms with van der Waals surface area (Å²) in [5, 5.41) is 0. The second-order valence-corrected chi connectivity index (χ2v) is 2.90. The maximum absolute atomic E-state index is 11.0. The average molecular weight is 142 g/mol. The summed E-state index contributed by atoms with van der Waals surface area (Å²) in [5.74, 6) is 0.230. The van der Waals surface area contributed by atoms with Crippen LogP contribution in [0.1, 0.15) is 19.3 Å². The van der Waals surface area contributed by atoms with Gasteiger partial charge in [-0.15, -0.1) is 0 Å². The smallest absolute Gasteiger partial charge is 0.222 e. The largest absolute Gasteiger partial charge is 0.346 e. The highest BCUT2D eigenvalue weighted by Gasteiger charge is 2.16. The molecule has 0 aromatic carbocycles. The molecule has 1 aliphatic rings. The summed E-state index contributed by atoms with van der Waals surface area (Å²) < 4.78 is 0. The SMILES string of the molecule is CN1CCC(N)CCC1=O. The molecule has 0 aromatic rings. The molecule has 1 saturated heterocycles. The van der Waals surface area contributed by atoms with Gasteiger partial charge < -0.3 is 10.6 Å². The van der Waals surface area contributed by atoms with E-state index in [1.54, 1.807) is 4.90 Å². The van der Waals surface area contributed by atoms with Gasteiger partial charge in [-0.3, -0.25) is 4.79 Å². The molecule has 0 saturated carbocycles. The Labute approximate surface area is 61.2 Å². The normalized spacial score (nSPS) is 28.4. The van der Waals surface area contributed by atoms with Gasteiger partial charge in [0.2, 0.25) is 5.91 Å². The van der Waals surface area contributed by atoms with Crippen LogP contribution in [0.3, 0.4) is 0 Å². The van der Waals surface area contributed by atoms with Gasteiger partial charge in [-0.2, -0.15) is 0 Å². The van der Waals surface area contributed by atoms with Crippen LogP contribution in [0.15, 0.2) is 0 Å². The molecular formula is C7H14N2O.